The van der Waals surface area contributed by atoms with Crippen molar-refractivity contribution in [1.82, 2.24) is 0 Å². The van der Waals surface area contributed by atoms with Crippen molar-refractivity contribution in [3.05, 3.63) is 35.9 Å². The van der Waals surface area contributed by atoms with E-state index in [0.717, 1.165) is 38.0 Å². The Morgan fingerprint density at radius 3 is 2.48 bits per heavy atom. The highest BCUT2D eigenvalue weighted by Gasteiger charge is 2.39. The van der Waals surface area contributed by atoms with Gasteiger partial charge in [0.05, 0.1) is 13.2 Å². The van der Waals surface area contributed by atoms with Crippen molar-refractivity contribution >= 4 is 0 Å². The second-order valence-corrected chi connectivity index (χ2v) is 6.56. The van der Waals surface area contributed by atoms with E-state index in [4.69, 9.17) is 5.11 Å². The van der Waals surface area contributed by atoms with Gasteiger partial charge in [0, 0.05) is 6.42 Å². The standard InChI is InChI=1S/C20H29NO2/c1-2-21(16-17-22)15-9-8-14-20(23,19-12-6-7-13-19)18-10-4-3-5-11-18/h3-5,10-11,19,22-23H,2,6-7,12-17H2,1H3/p+1/t20-/m1/s1. The Balaban J connectivity index is 2.07. The molecule has 3 N–H and O–H groups in total. The summed E-state index contributed by atoms with van der Waals surface area (Å²) in [5, 5.41) is 20.4. The van der Waals surface area contributed by atoms with Crippen LogP contribution in [0.1, 0.15) is 44.6 Å². The third-order valence-electron chi connectivity index (χ3n) is 5.09. The number of aliphatic hydroxyl groups is 2. The molecule has 2 atom stereocenters. The molecule has 2 rings (SSSR count). The Kier molecular flexibility index (Phi) is 7.11. The SMILES string of the molecule is CC[NH+](CC#CC[C@@](O)(c1ccccc1)C1CCCC1)CCO. The number of hydrogen-bond acceptors (Lipinski definition) is 2. The van der Waals surface area contributed by atoms with Gasteiger partial charge in [-0.15, -0.1) is 0 Å². The van der Waals surface area contributed by atoms with Gasteiger partial charge in [-0.2, -0.15) is 0 Å². The normalized spacial score (nSPS) is 18.9. The van der Waals surface area contributed by atoms with Crippen molar-refractivity contribution in [3.8, 4) is 11.8 Å². The number of quaternary nitrogens is 1. The highest BCUT2D eigenvalue weighted by atomic mass is 16.3. The monoisotopic (exact) mass is 316 g/mol. The molecule has 1 fully saturated rings. The summed E-state index contributed by atoms with van der Waals surface area (Å²) >= 11 is 0. The van der Waals surface area contributed by atoms with E-state index in [1.807, 2.05) is 30.3 Å². The van der Waals surface area contributed by atoms with Crippen LogP contribution < -0.4 is 4.90 Å². The van der Waals surface area contributed by atoms with Crippen LogP contribution in [0.25, 0.3) is 0 Å². The molecule has 0 bridgehead atoms. The van der Waals surface area contributed by atoms with Crippen LogP contribution in [-0.4, -0.2) is 36.5 Å². The minimum Gasteiger partial charge on any atom is -0.391 e. The molecule has 3 heteroatoms. The number of aliphatic hydroxyl groups excluding tert-OH is 1. The van der Waals surface area contributed by atoms with Crippen LogP contribution in [-0.2, 0) is 5.60 Å². The molecule has 0 saturated heterocycles. The van der Waals surface area contributed by atoms with Gasteiger partial charge in [0.25, 0.3) is 0 Å². The maximum atomic E-state index is 11.4. The first-order valence-electron chi connectivity index (χ1n) is 8.88. The molecule has 1 saturated carbocycles. The van der Waals surface area contributed by atoms with Crippen molar-refractivity contribution in [2.75, 3.05) is 26.2 Å². The van der Waals surface area contributed by atoms with Crippen LogP contribution in [0, 0.1) is 17.8 Å². The summed E-state index contributed by atoms with van der Waals surface area (Å²) in [6.07, 6.45) is 5.08. The molecular formula is C20H30NO2+. The lowest BCUT2D eigenvalue weighted by Crippen LogP contribution is -3.12. The highest BCUT2D eigenvalue weighted by molar-refractivity contribution is 5.26. The van der Waals surface area contributed by atoms with Gasteiger partial charge >= 0.3 is 0 Å². The third kappa shape index (κ3) is 4.81. The van der Waals surface area contributed by atoms with E-state index in [-0.39, 0.29) is 6.61 Å². The Bertz CT molecular complexity index is 513. The van der Waals surface area contributed by atoms with E-state index < -0.39 is 5.60 Å². The molecule has 1 aliphatic rings. The van der Waals surface area contributed by atoms with Gasteiger partial charge in [-0.3, -0.25) is 0 Å². The largest absolute Gasteiger partial charge is 0.391 e. The lowest BCUT2D eigenvalue weighted by atomic mass is 9.78. The summed E-state index contributed by atoms with van der Waals surface area (Å²) in [4.78, 5) is 1.28. The van der Waals surface area contributed by atoms with E-state index in [1.165, 1.54) is 17.7 Å². The predicted octanol–water partition coefficient (Wildman–Crippen LogP) is 1.35. The summed E-state index contributed by atoms with van der Waals surface area (Å²) in [7, 11) is 0. The number of hydrogen-bond donors (Lipinski definition) is 3. The van der Waals surface area contributed by atoms with Crippen LogP contribution in [0.4, 0.5) is 0 Å². The number of nitrogens with one attached hydrogen (secondary N) is 1. The summed E-state index contributed by atoms with van der Waals surface area (Å²) in [6.45, 7) is 4.72. The molecule has 0 heterocycles. The van der Waals surface area contributed by atoms with Gasteiger partial charge in [0.1, 0.15) is 18.7 Å². The molecular weight excluding hydrogens is 286 g/mol. The maximum absolute atomic E-state index is 11.4. The molecule has 1 aromatic carbocycles. The molecule has 0 aliphatic heterocycles. The van der Waals surface area contributed by atoms with Gasteiger partial charge in [0.15, 0.2) is 0 Å². The Hall–Kier alpha value is -1.34. The molecule has 126 valence electrons. The second kappa shape index (κ2) is 9.08. The van der Waals surface area contributed by atoms with Crippen LogP contribution in [0.15, 0.2) is 30.3 Å². The van der Waals surface area contributed by atoms with Crippen LogP contribution in [0.3, 0.4) is 0 Å². The number of rotatable bonds is 7. The highest BCUT2D eigenvalue weighted by Crippen LogP contribution is 2.42. The van der Waals surface area contributed by atoms with E-state index >= 15 is 0 Å². The fraction of sp³-hybridized carbons (Fsp3) is 0.600. The van der Waals surface area contributed by atoms with E-state index in [2.05, 4.69) is 18.8 Å². The average Bonchev–Trinajstić information content (AvgIpc) is 3.13. The van der Waals surface area contributed by atoms with Crippen molar-refractivity contribution in [1.29, 1.82) is 0 Å². The van der Waals surface area contributed by atoms with Gasteiger partial charge < -0.3 is 15.1 Å². The first-order valence-corrected chi connectivity index (χ1v) is 8.88. The van der Waals surface area contributed by atoms with E-state index in [1.54, 1.807) is 0 Å². The van der Waals surface area contributed by atoms with Crippen molar-refractivity contribution in [2.45, 2.75) is 44.6 Å². The molecule has 1 aliphatic carbocycles. The summed E-state index contributed by atoms with van der Waals surface area (Å²) in [5.41, 5.74) is 0.171. The van der Waals surface area contributed by atoms with Gasteiger partial charge in [-0.05, 0) is 37.2 Å². The topological polar surface area (TPSA) is 44.9 Å². The van der Waals surface area contributed by atoms with Crippen LogP contribution >= 0.6 is 0 Å². The van der Waals surface area contributed by atoms with Crippen LogP contribution in [0.2, 0.25) is 0 Å². The van der Waals surface area contributed by atoms with E-state index in [0.29, 0.717) is 12.3 Å². The molecule has 3 nitrogen and oxygen atoms in total. The minimum atomic E-state index is -0.825. The number of likely N-dealkylation sites (N-methyl/N-ethyl adjacent to an activating group) is 1. The van der Waals surface area contributed by atoms with Gasteiger partial charge in [-0.1, -0.05) is 49.1 Å². The zero-order valence-corrected chi connectivity index (χ0v) is 14.2. The van der Waals surface area contributed by atoms with Crippen LogP contribution in [0.5, 0.6) is 0 Å². The minimum absolute atomic E-state index is 0.195. The van der Waals surface area contributed by atoms with Crippen molar-refractivity contribution in [2.24, 2.45) is 5.92 Å². The third-order valence-corrected chi connectivity index (χ3v) is 5.09. The van der Waals surface area contributed by atoms with E-state index in [9.17, 15) is 5.11 Å². The maximum Gasteiger partial charge on any atom is 0.139 e. The molecule has 0 radical (unpaired) electrons. The lowest BCUT2D eigenvalue weighted by Gasteiger charge is -2.33. The quantitative estimate of drug-likeness (QED) is 0.665. The second-order valence-electron chi connectivity index (χ2n) is 6.56. The molecule has 23 heavy (non-hydrogen) atoms. The Morgan fingerprint density at radius 2 is 1.87 bits per heavy atom. The number of benzene rings is 1. The fourth-order valence-corrected chi connectivity index (χ4v) is 3.55. The fourth-order valence-electron chi connectivity index (χ4n) is 3.55. The summed E-state index contributed by atoms with van der Waals surface area (Å²) in [6, 6.07) is 10.0. The van der Waals surface area contributed by atoms with Gasteiger partial charge in [-0.25, -0.2) is 0 Å². The summed E-state index contributed by atoms with van der Waals surface area (Å²) in [5.74, 6) is 6.75. The zero-order chi connectivity index (χ0) is 16.5. The zero-order valence-electron chi connectivity index (χ0n) is 14.2. The van der Waals surface area contributed by atoms with Gasteiger partial charge in [0.2, 0.25) is 0 Å². The molecule has 1 aromatic rings. The van der Waals surface area contributed by atoms with Crippen molar-refractivity contribution in [3.63, 3.8) is 0 Å². The Morgan fingerprint density at radius 1 is 1.17 bits per heavy atom. The molecule has 0 amide bonds. The van der Waals surface area contributed by atoms with Crippen molar-refractivity contribution < 1.29 is 15.1 Å². The first kappa shape index (κ1) is 18.0. The predicted molar refractivity (Wildman–Crippen MR) is 93.0 cm³/mol. The average molecular weight is 316 g/mol. The molecule has 0 aromatic heterocycles. The molecule has 1 unspecified atom stereocenters. The lowest BCUT2D eigenvalue weighted by molar-refractivity contribution is -0.891. The Labute approximate surface area is 140 Å². The molecule has 0 spiro atoms. The smallest absolute Gasteiger partial charge is 0.139 e. The first-order chi connectivity index (χ1) is 11.2. The summed E-state index contributed by atoms with van der Waals surface area (Å²) < 4.78 is 0.